The van der Waals surface area contributed by atoms with Gasteiger partial charge in [0.1, 0.15) is 11.0 Å². The molecule has 2 aromatic heterocycles. The van der Waals surface area contributed by atoms with Crippen LogP contribution in [0.25, 0.3) is 11.8 Å². The molecule has 1 amide bonds. The molecule has 3 heterocycles. The minimum atomic E-state index is -0.333. The van der Waals surface area contributed by atoms with E-state index in [1.165, 1.54) is 22.9 Å². The second-order valence-corrected chi connectivity index (χ2v) is 7.67. The minimum absolute atomic E-state index is 0.0452. The van der Waals surface area contributed by atoms with Gasteiger partial charge in [-0.3, -0.25) is 4.79 Å². The van der Waals surface area contributed by atoms with Crippen LogP contribution in [0.2, 0.25) is 5.15 Å². The molecule has 0 radical (unpaired) electrons. The van der Waals surface area contributed by atoms with Crippen molar-refractivity contribution in [3.05, 3.63) is 64.3 Å². The van der Waals surface area contributed by atoms with E-state index in [4.69, 9.17) is 16.1 Å². The topological polar surface area (TPSA) is 77.0 Å². The van der Waals surface area contributed by atoms with E-state index in [1.54, 1.807) is 30.0 Å². The first-order valence-electron chi connectivity index (χ1n) is 9.70. The SMILES string of the molecule is Cc1noc(C2CCCN(C(=O)C=Cc3c(C)nn(-c4ccc(F)cc4)c3Cl)C2)n1. The first-order valence-corrected chi connectivity index (χ1v) is 10.1. The number of likely N-dealkylation sites (tertiary alicyclic amines) is 1. The van der Waals surface area contributed by atoms with Crippen molar-refractivity contribution >= 4 is 23.6 Å². The van der Waals surface area contributed by atoms with Crippen LogP contribution in [0.5, 0.6) is 0 Å². The molecule has 1 fully saturated rings. The largest absolute Gasteiger partial charge is 0.339 e. The molecule has 3 aromatic rings. The summed E-state index contributed by atoms with van der Waals surface area (Å²) in [6.07, 6.45) is 4.96. The Kier molecular flexibility index (Phi) is 5.67. The molecule has 0 spiro atoms. The number of aryl methyl sites for hydroxylation is 2. The zero-order valence-corrected chi connectivity index (χ0v) is 17.4. The molecule has 9 heteroatoms. The van der Waals surface area contributed by atoms with Gasteiger partial charge in [-0.25, -0.2) is 9.07 Å². The van der Waals surface area contributed by atoms with E-state index in [-0.39, 0.29) is 17.6 Å². The first kappa shape index (κ1) is 20.3. The highest BCUT2D eigenvalue weighted by molar-refractivity contribution is 6.31. The van der Waals surface area contributed by atoms with E-state index in [0.717, 1.165) is 12.8 Å². The standard InChI is InChI=1S/C21H21ClFN5O2/c1-13-18(20(22)28(25-13)17-7-5-16(23)6-8-17)9-10-19(29)27-11-3-4-15(12-27)21-24-14(2)26-30-21/h5-10,15H,3-4,11-12H2,1-2H3. The highest BCUT2D eigenvalue weighted by Gasteiger charge is 2.27. The molecule has 0 aliphatic carbocycles. The van der Waals surface area contributed by atoms with Gasteiger partial charge in [0, 0.05) is 24.7 Å². The van der Waals surface area contributed by atoms with Crippen LogP contribution in [-0.4, -0.2) is 43.8 Å². The fraction of sp³-hybridized carbons (Fsp3) is 0.333. The van der Waals surface area contributed by atoms with E-state index in [2.05, 4.69) is 15.2 Å². The van der Waals surface area contributed by atoms with Gasteiger partial charge < -0.3 is 9.42 Å². The monoisotopic (exact) mass is 429 g/mol. The van der Waals surface area contributed by atoms with Crippen molar-refractivity contribution in [2.45, 2.75) is 32.6 Å². The predicted molar refractivity (Wildman–Crippen MR) is 110 cm³/mol. The number of hydrogen-bond donors (Lipinski definition) is 0. The molecule has 0 saturated carbocycles. The molecule has 0 N–H and O–H groups in total. The molecule has 0 bridgehead atoms. The number of aromatic nitrogens is 4. The second kappa shape index (κ2) is 8.39. The molecule has 1 saturated heterocycles. The average Bonchev–Trinajstić information content (AvgIpc) is 3.30. The number of benzene rings is 1. The Balaban J connectivity index is 1.49. The van der Waals surface area contributed by atoms with Gasteiger partial charge in [0.2, 0.25) is 11.8 Å². The minimum Gasteiger partial charge on any atom is -0.339 e. The van der Waals surface area contributed by atoms with Crippen molar-refractivity contribution < 1.29 is 13.7 Å². The van der Waals surface area contributed by atoms with Crippen molar-refractivity contribution in [2.24, 2.45) is 0 Å². The van der Waals surface area contributed by atoms with Crippen LogP contribution in [0.1, 0.15) is 41.7 Å². The zero-order chi connectivity index (χ0) is 21.3. The Hall–Kier alpha value is -3.00. The zero-order valence-electron chi connectivity index (χ0n) is 16.7. The molecule has 1 unspecified atom stereocenters. The molecule has 1 aliphatic rings. The maximum atomic E-state index is 13.2. The Labute approximate surface area is 178 Å². The van der Waals surface area contributed by atoms with Gasteiger partial charge >= 0.3 is 0 Å². The summed E-state index contributed by atoms with van der Waals surface area (Å²) in [6, 6.07) is 5.89. The van der Waals surface area contributed by atoms with Crippen LogP contribution in [0.4, 0.5) is 4.39 Å². The van der Waals surface area contributed by atoms with Crippen LogP contribution < -0.4 is 0 Å². The molecule has 30 heavy (non-hydrogen) atoms. The molecule has 1 aromatic carbocycles. The number of hydrogen-bond acceptors (Lipinski definition) is 5. The molecule has 7 nitrogen and oxygen atoms in total. The number of piperidine rings is 1. The number of halogens is 2. The number of amides is 1. The van der Waals surface area contributed by atoms with Crippen LogP contribution in [0.3, 0.4) is 0 Å². The number of carbonyl (C=O) groups is 1. The van der Waals surface area contributed by atoms with Gasteiger partial charge in [-0.05, 0) is 57.0 Å². The van der Waals surface area contributed by atoms with Gasteiger partial charge in [-0.2, -0.15) is 10.1 Å². The van der Waals surface area contributed by atoms with E-state index >= 15 is 0 Å². The van der Waals surface area contributed by atoms with Gasteiger partial charge in [0.05, 0.1) is 17.3 Å². The molecular weight excluding hydrogens is 409 g/mol. The smallest absolute Gasteiger partial charge is 0.246 e. The summed E-state index contributed by atoms with van der Waals surface area (Å²) in [5.41, 5.74) is 1.96. The number of nitrogens with zero attached hydrogens (tertiary/aromatic N) is 5. The van der Waals surface area contributed by atoms with Crippen LogP contribution >= 0.6 is 11.6 Å². The van der Waals surface area contributed by atoms with Gasteiger partial charge in [0.25, 0.3) is 0 Å². The van der Waals surface area contributed by atoms with Crippen molar-refractivity contribution in [1.29, 1.82) is 0 Å². The van der Waals surface area contributed by atoms with Gasteiger partial charge in [-0.1, -0.05) is 16.8 Å². The van der Waals surface area contributed by atoms with Crippen molar-refractivity contribution in [3.8, 4) is 5.69 Å². The predicted octanol–water partition coefficient (Wildman–Crippen LogP) is 4.08. The summed E-state index contributed by atoms with van der Waals surface area (Å²) in [6.45, 7) is 4.80. The second-order valence-electron chi connectivity index (χ2n) is 7.31. The van der Waals surface area contributed by atoms with E-state index < -0.39 is 0 Å². The Morgan fingerprint density at radius 3 is 2.77 bits per heavy atom. The summed E-state index contributed by atoms with van der Waals surface area (Å²) in [5, 5.41) is 8.62. The molecular formula is C21H21ClFN5O2. The lowest BCUT2D eigenvalue weighted by Crippen LogP contribution is -2.38. The Morgan fingerprint density at radius 1 is 1.30 bits per heavy atom. The number of carbonyl (C=O) groups excluding carboxylic acids is 1. The summed E-state index contributed by atoms with van der Waals surface area (Å²) in [7, 11) is 0. The summed E-state index contributed by atoms with van der Waals surface area (Å²) in [5.74, 6) is 0.773. The molecule has 4 rings (SSSR count). The van der Waals surface area contributed by atoms with E-state index in [0.29, 0.717) is 46.9 Å². The third-order valence-corrected chi connectivity index (χ3v) is 5.50. The third kappa shape index (κ3) is 4.14. The molecule has 1 atom stereocenters. The first-order chi connectivity index (χ1) is 14.4. The summed E-state index contributed by atoms with van der Waals surface area (Å²) in [4.78, 5) is 18.8. The lowest BCUT2D eigenvalue weighted by atomic mass is 9.98. The summed E-state index contributed by atoms with van der Waals surface area (Å²) >= 11 is 6.48. The maximum absolute atomic E-state index is 13.2. The highest BCUT2D eigenvalue weighted by atomic mass is 35.5. The van der Waals surface area contributed by atoms with E-state index in [1.807, 2.05) is 6.92 Å². The quantitative estimate of drug-likeness (QED) is 0.584. The molecule has 156 valence electrons. The fourth-order valence-electron chi connectivity index (χ4n) is 3.57. The van der Waals surface area contributed by atoms with Crippen molar-refractivity contribution in [2.75, 3.05) is 13.1 Å². The molecule has 1 aliphatic heterocycles. The number of rotatable bonds is 4. The lowest BCUT2D eigenvalue weighted by molar-refractivity contribution is -0.127. The third-order valence-electron chi connectivity index (χ3n) is 5.14. The Bertz CT molecular complexity index is 1090. The van der Waals surface area contributed by atoms with Gasteiger partial charge in [0.15, 0.2) is 5.82 Å². The van der Waals surface area contributed by atoms with Crippen molar-refractivity contribution in [3.63, 3.8) is 0 Å². The Morgan fingerprint density at radius 2 is 2.07 bits per heavy atom. The van der Waals surface area contributed by atoms with Gasteiger partial charge in [-0.15, -0.1) is 0 Å². The highest BCUT2D eigenvalue weighted by Crippen LogP contribution is 2.27. The van der Waals surface area contributed by atoms with Crippen LogP contribution in [0, 0.1) is 19.7 Å². The normalized spacial score (nSPS) is 17.1. The maximum Gasteiger partial charge on any atom is 0.246 e. The van der Waals surface area contributed by atoms with E-state index in [9.17, 15) is 9.18 Å². The summed E-state index contributed by atoms with van der Waals surface area (Å²) < 4.78 is 20.0. The fourth-order valence-corrected chi connectivity index (χ4v) is 3.91. The van der Waals surface area contributed by atoms with Crippen LogP contribution in [0.15, 0.2) is 34.9 Å². The van der Waals surface area contributed by atoms with Crippen LogP contribution in [-0.2, 0) is 4.79 Å². The average molecular weight is 430 g/mol. The van der Waals surface area contributed by atoms with Crippen molar-refractivity contribution in [1.82, 2.24) is 24.8 Å². The lowest BCUT2D eigenvalue weighted by Gasteiger charge is -2.30.